The van der Waals surface area contributed by atoms with Crippen molar-refractivity contribution in [3.05, 3.63) is 35.4 Å². The molecule has 0 spiro atoms. The molecular weight excluding hydrogens is 336 g/mol. The normalized spacial score (nSPS) is 20.1. The Labute approximate surface area is 163 Å². The van der Waals surface area contributed by atoms with Crippen molar-refractivity contribution in [1.29, 1.82) is 0 Å². The van der Waals surface area contributed by atoms with Gasteiger partial charge < -0.3 is 10.2 Å². The lowest BCUT2D eigenvalue weighted by atomic mass is 9.97. The fourth-order valence-corrected chi connectivity index (χ4v) is 4.37. The van der Waals surface area contributed by atoms with E-state index in [9.17, 15) is 9.59 Å². The van der Waals surface area contributed by atoms with Crippen LogP contribution in [0.1, 0.15) is 81.8 Å². The quantitative estimate of drug-likeness (QED) is 0.747. The number of carbonyl (C=O) groups excluding carboxylic acids is 2. The van der Waals surface area contributed by atoms with E-state index in [1.807, 2.05) is 12.1 Å². The maximum Gasteiger partial charge on any atom is 0.312 e. The van der Waals surface area contributed by atoms with E-state index in [0.29, 0.717) is 13.1 Å². The number of rotatable bonds is 1. The molecule has 0 atom stereocenters. The number of amides is 2. The standard InChI is InChI=1S/C23H34N2O2/c26-22(23(27)25-17-16-19-12-10-11-13-20(19)18-25)24-21-14-8-6-4-2-1-3-5-7-9-15-21/h10-13,21H,1-9,14-18H2,(H,24,26). The van der Waals surface area contributed by atoms with Crippen molar-refractivity contribution < 1.29 is 9.59 Å². The number of carbonyl (C=O) groups is 2. The summed E-state index contributed by atoms with van der Waals surface area (Å²) in [5, 5.41) is 3.06. The van der Waals surface area contributed by atoms with Crippen LogP contribution < -0.4 is 5.32 Å². The van der Waals surface area contributed by atoms with Gasteiger partial charge in [0.05, 0.1) is 0 Å². The highest BCUT2D eigenvalue weighted by atomic mass is 16.2. The molecule has 148 valence electrons. The van der Waals surface area contributed by atoms with Crippen LogP contribution in [0.25, 0.3) is 0 Å². The molecule has 1 saturated carbocycles. The van der Waals surface area contributed by atoms with Crippen molar-refractivity contribution >= 4 is 11.8 Å². The van der Waals surface area contributed by atoms with Crippen LogP contribution in [0.5, 0.6) is 0 Å². The first-order valence-corrected chi connectivity index (χ1v) is 10.9. The number of nitrogens with one attached hydrogen (secondary N) is 1. The summed E-state index contributed by atoms with van der Waals surface area (Å²) in [7, 11) is 0. The van der Waals surface area contributed by atoms with E-state index < -0.39 is 5.91 Å². The lowest BCUT2D eigenvalue weighted by molar-refractivity contribution is -0.146. The molecule has 1 fully saturated rings. The molecular formula is C23H34N2O2. The largest absolute Gasteiger partial charge is 0.345 e. The molecule has 4 heteroatoms. The van der Waals surface area contributed by atoms with Gasteiger partial charge in [-0.25, -0.2) is 0 Å². The number of benzene rings is 1. The fourth-order valence-electron chi connectivity index (χ4n) is 4.37. The molecule has 0 unspecified atom stereocenters. The van der Waals surface area contributed by atoms with Crippen molar-refractivity contribution in [1.82, 2.24) is 10.2 Å². The number of nitrogens with zero attached hydrogens (tertiary/aromatic N) is 1. The first kappa shape index (κ1) is 19.9. The van der Waals surface area contributed by atoms with Crippen molar-refractivity contribution in [2.75, 3.05) is 6.54 Å². The Morgan fingerprint density at radius 3 is 2.00 bits per heavy atom. The van der Waals surface area contributed by atoms with Crippen molar-refractivity contribution in [3.63, 3.8) is 0 Å². The summed E-state index contributed by atoms with van der Waals surface area (Å²) in [5.74, 6) is -0.776. The summed E-state index contributed by atoms with van der Waals surface area (Å²) in [6.07, 6.45) is 14.3. The van der Waals surface area contributed by atoms with Gasteiger partial charge >= 0.3 is 11.8 Å². The van der Waals surface area contributed by atoms with E-state index in [2.05, 4.69) is 17.4 Å². The Kier molecular flexibility index (Phi) is 7.73. The van der Waals surface area contributed by atoms with Gasteiger partial charge in [0.2, 0.25) is 0 Å². The summed E-state index contributed by atoms with van der Waals surface area (Å²) >= 11 is 0. The van der Waals surface area contributed by atoms with Crippen molar-refractivity contribution in [2.24, 2.45) is 0 Å². The SMILES string of the molecule is O=C(NC1CCCCCCCCCCC1)C(=O)N1CCc2ccccc2C1. The first-order chi connectivity index (χ1) is 13.2. The first-order valence-electron chi connectivity index (χ1n) is 10.9. The van der Waals surface area contributed by atoms with E-state index in [1.165, 1.54) is 50.5 Å². The molecule has 1 N–H and O–H groups in total. The summed E-state index contributed by atoms with van der Waals surface area (Å²) in [6.45, 7) is 1.18. The smallest absolute Gasteiger partial charge is 0.312 e. The van der Waals surface area contributed by atoms with Gasteiger partial charge in [-0.2, -0.15) is 0 Å². The molecule has 2 amide bonds. The van der Waals surface area contributed by atoms with Gasteiger partial charge in [0.25, 0.3) is 0 Å². The Morgan fingerprint density at radius 2 is 1.37 bits per heavy atom. The fraction of sp³-hybridized carbons (Fsp3) is 0.652. The van der Waals surface area contributed by atoms with Crippen molar-refractivity contribution in [2.45, 2.75) is 89.6 Å². The van der Waals surface area contributed by atoms with Crippen LogP contribution in [0, 0.1) is 0 Å². The van der Waals surface area contributed by atoms with Crippen LogP contribution in [-0.2, 0) is 22.6 Å². The Balaban J connectivity index is 1.52. The molecule has 1 aromatic rings. The predicted molar refractivity (Wildman–Crippen MR) is 108 cm³/mol. The monoisotopic (exact) mass is 370 g/mol. The molecule has 0 bridgehead atoms. The highest BCUT2D eigenvalue weighted by Crippen LogP contribution is 2.19. The molecule has 4 nitrogen and oxygen atoms in total. The van der Waals surface area contributed by atoms with Gasteiger partial charge in [0, 0.05) is 19.1 Å². The highest BCUT2D eigenvalue weighted by molar-refractivity contribution is 6.35. The third-order valence-corrected chi connectivity index (χ3v) is 6.05. The minimum absolute atomic E-state index is 0.151. The second-order valence-electron chi connectivity index (χ2n) is 8.18. The van der Waals surface area contributed by atoms with E-state index in [-0.39, 0.29) is 11.9 Å². The van der Waals surface area contributed by atoms with Gasteiger partial charge in [-0.15, -0.1) is 0 Å². The van der Waals surface area contributed by atoms with E-state index in [1.54, 1.807) is 4.90 Å². The molecule has 3 rings (SSSR count). The maximum atomic E-state index is 12.7. The van der Waals surface area contributed by atoms with Crippen LogP contribution in [-0.4, -0.2) is 29.3 Å². The summed E-state index contributed by atoms with van der Waals surface area (Å²) in [5.41, 5.74) is 2.46. The maximum absolute atomic E-state index is 12.7. The van der Waals surface area contributed by atoms with E-state index in [0.717, 1.165) is 37.7 Å². The minimum Gasteiger partial charge on any atom is -0.345 e. The molecule has 0 radical (unpaired) electrons. The Morgan fingerprint density at radius 1 is 0.815 bits per heavy atom. The zero-order valence-corrected chi connectivity index (χ0v) is 16.5. The van der Waals surface area contributed by atoms with Crippen LogP contribution in [0.15, 0.2) is 24.3 Å². The molecule has 27 heavy (non-hydrogen) atoms. The van der Waals surface area contributed by atoms with Crippen LogP contribution in [0.4, 0.5) is 0 Å². The molecule has 1 heterocycles. The lowest BCUT2D eigenvalue weighted by Crippen LogP contribution is -2.48. The number of hydrogen-bond acceptors (Lipinski definition) is 2. The van der Waals surface area contributed by atoms with Crippen molar-refractivity contribution in [3.8, 4) is 0 Å². The Bertz CT molecular complexity index is 617. The van der Waals surface area contributed by atoms with Gasteiger partial charge in [-0.3, -0.25) is 9.59 Å². The summed E-state index contributed by atoms with van der Waals surface area (Å²) in [4.78, 5) is 27.0. The molecule has 1 aliphatic heterocycles. The zero-order valence-electron chi connectivity index (χ0n) is 16.5. The van der Waals surface area contributed by atoms with Gasteiger partial charge in [0.15, 0.2) is 0 Å². The number of fused-ring (bicyclic) bond motifs is 1. The predicted octanol–water partition coefficient (Wildman–Crippen LogP) is 4.36. The second kappa shape index (κ2) is 10.5. The summed E-state index contributed by atoms with van der Waals surface area (Å²) in [6, 6.07) is 8.35. The minimum atomic E-state index is -0.411. The van der Waals surface area contributed by atoms with Gasteiger partial charge in [-0.1, -0.05) is 82.1 Å². The van der Waals surface area contributed by atoms with Gasteiger partial charge in [0.1, 0.15) is 0 Å². The van der Waals surface area contributed by atoms with E-state index >= 15 is 0 Å². The van der Waals surface area contributed by atoms with E-state index in [4.69, 9.17) is 0 Å². The average Bonchev–Trinajstić information content (AvgIpc) is 2.69. The zero-order chi connectivity index (χ0) is 18.9. The van der Waals surface area contributed by atoms with Crippen LogP contribution in [0.3, 0.4) is 0 Å². The lowest BCUT2D eigenvalue weighted by Gasteiger charge is -2.29. The number of hydrogen-bond donors (Lipinski definition) is 1. The third kappa shape index (κ3) is 6.08. The highest BCUT2D eigenvalue weighted by Gasteiger charge is 2.27. The molecule has 2 aliphatic rings. The Hall–Kier alpha value is -1.84. The molecule has 0 aromatic heterocycles. The molecule has 0 saturated heterocycles. The second-order valence-corrected chi connectivity index (χ2v) is 8.18. The van der Waals surface area contributed by atoms with Crippen LogP contribution >= 0.6 is 0 Å². The average molecular weight is 371 g/mol. The molecule has 1 aromatic carbocycles. The van der Waals surface area contributed by atoms with Crippen LogP contribution in [0.2, 0.25) is 0 Å². The van der Waals surface area contributed by atoms with Gasteiger partial charge in [-0.05, 0) is 30.4 Å². The third-order valence-electron chi connectivity index (χ3n) is 6.05. The summed E-state index contributed by atoms with van der Waals surface area (Å²) < 4.78 is 0. The molecule has 1 aliphatic carbocycles. The topological polar surface area (TPSA) is 49.4 Å².